The van der Waals surface area contributed by atoms with Crippen molar-refractivity contribution in [1.29, 1.82) is 0 Å². The second-order valence-corrected chi connectivity index (χ2v) is 6.30. The van der Waals surface area contributed by atoms with Crippen LogP contribution in [0.15, 0.2) is 6.07 Å². The average Bonchev–Trinajstić information content (AvgIpc) is 2.97. The zero-order chi connectivity index (χ0) is 15.7. The summed E-state index contributed by atoms with van der Waals surface area (Å²) in [4.78, 5) is 14.2. The van der Waals surface area contributed by atoms with Gasteiger partial charge in [0.05, 0.1) is 25.4 Å². The molecule has 1 amide bonds. The van der Waals surface area contributed by atoms with E-state index in [1.54, 1.807) is 11.0 Å². The van der Waals surface area contributed by atoms with Crippen LogP contribution in [0.2, 0.25) is 0 Å². The standard InChI is InChI=1S/C15H23N3O4/c1-10-8-11(17-16-10)14(21)18-4-2-15(3-5-18)12(20)9-13(15)22-7-6-19/h8,12-13,19-20H,2-7,9H2,1H3,(H,16,17)/t12-,13+/m0/s1. The minimum atomic E-state index is -0.374. The summed E-state index contributed by atoms with van der Waals surface area (Å²) in [6.45, 7) is 3.35. The van der Waals surface area contributed by atoms with E-state index in [0.29, 0.717) is 31.8 Å². The van der Waals surface area contributed by atoms with Gasteiger partial charge < -0.3 is 19.8 Å². The molecule has 1 aromatic heterocycles. The number of aromatic amines is 1. The van der Waals surface area contributed by atoms with Crippen LogP contribution in [-0.2, 0) is 4.74 Å². The maximum atomic E-state index is 12.4. The van der Waals surface area contributed by atoms with Crippen molar-refractivity contribution in [1.82, 2.24) is 15.1 Å². The molecule has 1 aliphatic heterocycles. The van der Waals surface area contributed by atoms with Crippen LogP contribution in [0.3, 0.4) is 0 Å². The van der Waals surface area contributed by atoms with Crippen molar-refractivity contribution in [2.75, 3.05) is 26.3 Å². The quantitative estimate of drug-likeness (QED) is 0.732. The van der Waals surface area contributed by atoms with Gasteiger partial charge in [0.15, 0.2) is 0 Å². The minimum absolute atomic E-state index is 0.00814. The normalized spacial score (nSPS) is 27.0. The number of aryl methyl sites for hydroxylation is 1. The fourth-order valence-electron chi connectivity index (χ4n) is 3.63. The lowest BCUT2D eigenvalue weighted by Gasteiger charge is -2.56. The van der Waals surface area contributed by atoms with Gasteiger partial charge in [-0.25, -0.2) is 0 Å². The Morgan fingerprint density at radius 1 is 1.55 bits per heavy atom. The number of piperidine rings is 1. The number of H-pyrrole nitrogens is 1. The van der Waals surface area contributed by atoms with E-state index in [1.807, 2.05) is 6.92 Å². The van der Waals surface area contributed by atoms with E-state index < -0.39 is 0 Å². The topological polar surface area (TPSA) is 98.7 Å². The van der Waals surface area contributed by atoms with Crippen molar-refractivity contribution in [2.45, 2.75) is 38.4 Å². The van der Waals surface area contributed by atoms with Gasteiger partial charge in [0.1, 0.15) is 5.69 Å². The number of amides is 1. The van der Waals surface area contributed by atoms with Gasteiger partial charge in [0, 0.05) is 30.6 Å². The van der Waals surface area contributed by atoms with E-state index in [2.05, 4.69) is 10.2 Å². The Morgan fingerprint density at radius 2 is 2.27 bits per heavy atom. The van der Waals surface area contributed by atoms with Crippen molar-refractivity contribution in [2.24, 2.45) is 5.41 Å². The highest BCUT2D eigenvalue weighted by Crippen LogP contribution is 2.51. The molecule has 1 aromatic rings. The summed E-state index contributed by atoms with van der Waals surface area (Å²) in [5.74, 6) is -0.0687. The molecule has 0 unspecified atom stereocenters. The summed E-state index contributed by atoms with van der Waals surface area (Å²) in [5.41, 5.74) is 1.05. The smallest absolute Gasteiger partial charge is 0.274 e. The second-order valence-electron chi connectivity index (χ2n) is 6.30. The van der Waals surface area contributed by atoms with Gasteiger partial charge in [0.2, 0.25) is 0 Å². The lowest BCUT2D eigenvalue weighted by molar-refractivity contribution is -0.211. The van der Waals surface area contributed by atoms with Gasteiger partial charge in [-0.05, 0) is 25.8 Å². The average molecular weight is 309 g/mol. The zero-order valence-corrected chi connectivity index (χ0v) is 12.8. The number of rotatable bonds is 4. The van der Waals surface area contributed by atoms with Crippen molar-refractivity contribution in [3.8, 4) is 0 Å². The van der Waals surface area contributed by atoms with Gasteiger partial charge in [-0.2, -0.15) is 5.10 Å². The van der Waals surface area contributed by atoms with E-state index in [4.69, 9.17) is 9.84 Å². The summed E-state index contributed by atoms with van der Waals surface area (Å²) in [5, 5.41) is 25.9. The number of likely N-dealkylation sites (tertiary alicyclic amines) is 1. The number of aliphatic hydroxyl groups excluding tert-OH is 2. The SMILES string of the molecule is Cc1cc(C(=O)N2CCC3(CC2)[C@@H](O)C[C@H]3OCCO)n[nH]1. The Balaban J connectivity index is 1.61. The van der Waals surface area contributed by atoms with Gasteiger partial charge in [-0.1, -0.05) is 0 Å². The minimum Gasteiger partial charge on any atom is -0.394 e. The van der Waals surface area contributed by atoms with Crippen molar-refractivity contribution < 1.29 is 19.7 Å². The van der Waals surface area contributed by atoms with Gasteiger partial charge in [-0.3, -0.25) is 9.89 Å². The van der Waals surface area contributed by atoms with E-state index >= 15 is 0 Å². The molecular formula is C15H23N3O4. The Morgan fingerprint density at radius 3 is 2.82 bits per heavy atom. The third-order valence-corrected chi connectivity index (χ3v) is 5.06. The fraction of sp³-hybridized carbons (Fsp3) is 0.733. The first kappa shape index (κ1) is 15.5. The van der Waals surface area contributed by atoms with Crippen LogP contribution >= 0.6 is 0 Å². The Hall–Kier alpha value is -1.44. The maximum absolute atomic E-state index is 12.4. The van der Waals surface area contributed by atoms with Crippen molar-refractivity contribution in [3.05, 3.63) is 17.5 Å². The lowest BCUT2D eigenvalue weighted by atomic mass is 9.58. The molecule has 0 aromatic carbocycles. The first-order chi connectivity index (χ1) is 10.6. The zero-order valence-electron chi connectivity index (χ0n) is 12.8. The number of aromatic nitrogens is 2. The van der Waals surface area contributed by atoms with Crippen LogP contribution in [0, 0.1) is 12.3 Å². The number of nitrogens with one attached hydrogen (secondary N) is 1. The fourth-order valence-corrected chi connectivity index (χ4v) is 3.63. The molecule has 0 bridgehead atoms. The Kier molecular flexibility index (Phi) is 4.20. The second kappa shape index (κ2) is 5.98. The molecule has 122 valence electrons. The molecule has 7 heteroatoms. The molecule has 2 fully saturated rings. The largest absolute Gasteiger partial charge is 0.394 e. The van der Waals surface area contributed by atoms with E-state index in [-0.39, 0.29) is 30.1 Å². The molecule has 2 atom stereocenters. The molecular weight excluding hydrogens is 286 g/mol. The number of aliphatic hydroxyl groups is 2. The van der Waals surface area contributed by atoms with E-state index in [1.165, 1.54) is 0 Å². The third-order valence-electron chi connectivity index (χ3n) is 5.06. The first-order valence-electron chi connectivity index (χ1n) is 7.78. The van der Waals surface area contributed by atoms with Crippen molar-refractivity contribution in [3.63, 3.8) is 0 Å². The molecule has 2 aliphatic rings. The molecule has 7 nitrogen and oxygen atoms in total. The Bertz CT molecular complexity index is 537. The maximum Gasteiger partial charge on any atom is 0.274 e. The van der Waals surface area contributed by atoms with Crippen LogP contribution in [-0.4, -0.2) is 69.7 Å². The van der Waals surface area contributed by atoms with Gasteiger partial charge >= 0.3 is 0 Å². The number of ether oxygens (including phenoxy) is 1. The van der Waals surface area contributed by atoms with E-state index in [9.17, 15) is 9.90 Å². The number of carbonyl (C=O) groups is 1. The summed E-state index contributed by atoms with van der Waals surface area (Å²) in [7, 11) is 0. The van der Waals surface area contributed by atoms with Crippen LogP contribution < -0.4 is 0 Å². The molecule has 2 heterocycles. The third kappa shape index (κ3) is 2.53. The lowest BCUT2D eigenvalue weighted by Crippen LogP contribution is -2.62. The summed E-state index contributed by atoms with van der Waals surface area (Å²) in [6.07, 6.45) is 1.67. The highest BCUT2D eigenvalue weighted by molar-refractivity contribution is 5.92. The highest BCUT2D eigenvalue weighted by Gasteiger charge is 2.56. The van der Waals surface area contributed by atoms with Crippen LogP contribution in [0.25, 0.3) is 0 Å². The Labute approximate surface area is 129 Å². The number of hydrogen-bond donors (Lipinski definition) is 3. The predicted octanol–water partition coefficient (Wildman–Crippen LogP) is 0.0826. The van der Waals surface area contributed by atoms with E-state index in [0.717, 1.165) is 18.5 Å². The number of carbonyl (C=O) groups excluding carboxylic acids is 1. The summed E-state index contributed by atoms with van der Waals surface area (Å²) in [6, 6.07) is 1.75. The first-order valence-corrected chi connectivity index (χ1v) is 7.78. The molecule has 1 saturated heterocycles. The summed E-state index contributed by atoms with van der Waals surface area (Å²) >= 11 is 0. The van der Waals surface area contributed by atoms with Gasteiger partial charge in [0.25, 0.3) is 5.91 Å². The molecule has 1 spiro atoms. The van der Waals surface area contributed by atoms with Crippen LogP contribution in [0.1, 0.15) is 35.4 Å². The van der Waals surface area contributed by atoms with Crippen molar-refractivity contribution >= 4 is 5.91 Å². The molecule has 3 N–H and O–H groups in total. The number of nitrogens with zero attached hydrogens (tertiary/aromatic N) is 2. The van der Waals surface area contributed by atoms with Gasteiger partial charge in [-0.15, -0.1) is 0 Å². The number of hydrogen-bond acceptors (Lipinski definition) is 5. The van der Waals surface area contributed by atoms with Crippen LogP contribution in [0.4, 0.5) is 0 Å². The molecule has 3 rings (SSSR count). The predicted molar refractivity (Wildman–Crippen MR) is 78.3 cm³/mol. The molecule has 0 radical (unpaired) electrons. The molecule has 1 saturated carbocycles. The summed E-state index contributed by atoms with van der Waals surface area (Å²) < 4.78 is 5.64. The highest BCUT2D eigenvalue weighted by atomic mass is 16.5. The monoisotopic (exact) mass is 309 g/mol. The molecule has 1 aliphatic carbocycles. The van der Waals surface area contributed by atoms with Crippen LogP contribution in [0.5, 0.6) is 0 Å². The molecule has 22 heavy (non-hydrogen) atoms.